The minimum absolute atomic E-state index is 0.335. The molecule has 2 aromatic carbocycles. The number of ether oxygens (including phenoxy) is 1. The number of rotatable bonds is 9. The van der Waals surface area contributed by atoms with Crippen molar-refractivity contribution in [2.45, 2.75) is 19.4 Å². The van der Waals surface area contributed by atoms with Crippen molar-refractivity contribution in [1.82, 2.24) is 5.32 Å². The highest BCUT2D eigenvalue weighted by atomic mass is 35.5. The van der Waals surface area contributed by atoms with Crippen molar-refractivity contribution in [1.29, 1.82) is 0 Å². The van der Waals surface area contributed by atoms with Gasteiger partial charge in [0.2, 0.25) is 0 Å². The highest BCUT2D eigenvalue weighted by Gasteiger charge is 2.23. The van der Waals surface area contributed by atoms with Crippen molar-refractivity contribution in [3.8, 4) is 0 Å². The zero-order valence-electron chi connectivity index (χ0n) is 15.7. The van der Waals surface area contributed by atoms with Crippen LogP contribution in [0.3, 0.4) is 0 Å². The molecule has 148 valence electrons. The molecule has 0 saturated heterocycles. The smallest absolute Gasteiger partial charge is 0.329 e. The molecular formula is C21H22ClNO4S. The van der Waals surface area contributed by atoms with Crippen LogP contribution in [0, 0.1) is 6.92 Å². The number of ketones is 1. The van der Waals surface area contributed by atoms with Crippen LogP contribution in [0.2, 0.25) is 5.02 Å². The van der Waals surface area contributed by atoms with Gasteiger partial charge in [0.25, 0.3) is 5.91 Å². The van der Waals surface area contributed by atoms with Gasteiger partial charge in [-0.05, 0) is 61.8 Å². The van der Waals surface area contributed by atoms with Crippen LogP contribution in [0.15, 0.2) is 48.5 Å². The van der Waals surface area contributed by atoms with Gasteiger partial charge in [-0.25, -0.2) is 4.79 Å². The molecule has 0 fully saturated rings. The fourth-order valence-corrected chi connectivity index (χ4v) is 3.07. The number of benzene rings is 2. The first-order valence-electron chi connectivity index (χ1n) is 8.72. The summed E-state index contributed by atoms with van der Waals surface area (Å²) in [5.41, 5.74) is 1.82. The van der Waals surface area contributed by atoms with Gasteiger partial charge < -0.3 is 10.1 Å². The minimum atomic E-state index is -0.821. The number of hydrogen-bond acceptors (Lipinski definition) is 5. The van der Waals surface area contributed by atoms with Crippen molar-refractivity contribution in [2.75, 3.05) is 18.6 Å². The molecule has 1 atom stereocenters. The Morgan fingerprint density at radius 2 is 1.82 bits per heavy atom. The number of carbonyl (C=O) groups is 3. The van der Waals surface area contributed by atoms with Gasteiger partial charge in [-0.2, -0.15) is 11.8 Å². The van der Waals surface area contributed by atoms with E-state index in [-0.39, 0.29) is 11.7 Å². The number of thioether (sulfide) groups is 1. The monoisotopic (exact) mass is 419 g/mol. The largest absolute Gasteiger partial charge is 0.456 e. The zero-order valence-corrected chi connectivity index (χ0v) is 17.3. The molecule has 5 nitrogen and oxygen atoms in total. The first-order chi connectivity index (χ1) is 13.4. The van der Waals surface area contributed by atoms with Gasteiger partial charge in [-0.3, -0.25) is 9.59 Å². The molecule has 0 bridgehead atoms. The summed E-state index contributed by atoms with van der Waals surface area (Å²) in [5, 5.41) is 3.23. The number of Topliss-reactive ketones (excluding diaryl/α,β-unsaturated/α-hetero) is 1. The second kappa shape index (κ2) is 10.9. The number of carbonyl (C=O) groups excluding carboxylic acids is 3. The number of nitrogens with one attached hydrogen (secondary N) is 1. The standard InChI is InChI=1S/C21H22ClNO4S/c1-14-4-3-5-16(12-14)20(25)23-18(10-11-28-2)21(26)27-13-19(24)15-6-8-17(22)9-7-15/h3-9,12,18H,10-11,13H2,1-2H3,(H,23,25)/t18-/m1/s1. The molecule has 7 heteroatoms. The molecule has 0 heterocycles. The first kappa shape index (κ1) is 22.0. The van der Waals surface area contributed by atoms with Crippen molar-refractivity contribution in [3.05, 3.63) is 70.2 Å². The average Bonchev–Trinajstić information content (AvgIpc) is 2.69. The number of halogens is 1. The number of hydrogen-bond donors (Lipinski definition) is 1. The fourth-order valence-electron chi connectivity index (χ4n) is 2.47. The Kier molecular flexibility index (Phi) is 8.54. The lowest BCUT2D eigenvalue weighted by Gasteiger charge is -2.17. The van der Waals surface area contributed by atoms with Gasteiger partial charge >= 0.3 is 5.97 Å². The van der Waals surface area contributed by atoms with E-state index in [1.807, 2.05) is 19.2 Å². The Morgan fingerprint density at radius 1 is 1.11 bits per heavy atom. The summed E-state index contributed by atoms with van der Waals surface area (Å²) >= 11 is 7.36. The molecule has 1 amide bonds. The maximum Gasteiger partial charge on any atom is 0.329 e. The molecule has 28 heavy (non-hydrogen) atoms. The van der Waals surface area contributed by atoms with E-state index in [1.54, 1.807) is 54.2 Å². The highest BCUT2D eigenvalue weighted by molar-refractivity contribution is 7.98. The van der Waals surface area contributed by atoms with Crippen LogP contribution in [0.4, 0.5) is 0 Å². The Morgan fingerprint density at radius 3 is 2.46 bits per heavy atom. The van der Waals surface area contributed by atoms with Gasteiger partial charge in [0, 0.05) is 16.1 Å². The Hall–Kier alpha value is -2.31. The Labute approximate surface area is 173 Å². The molecule has 1 N–H and O–H groups in total. The minimum Gasteiger partial charge on any atom is -0.456 e. The molecule has 0 unspecified atom stereocenters. The SMILES string of the molecule is CSCC[C@@H](NC(=O)c1cccc(C)c1)C(=O)OCC(=O)c1ccc(Cl)cc1. The second-order valence-electron chi connectivity index (χ2n) is 6.21. The predicted octanol–water partition coefficient (Wildman–Crippen LogP) is 3.93. The summed E-state index contributed by atoms with van der Waals surface area (Å²) < 4.78 is 5.16. The van der Waals surface area contributed by atoms with Gasteiger partial charge in [0.15, 0.2) is 12.4 Å². The summed E-state index contributed by atoms with van der Waals surface area (Å²) in [6.45, 7) is 1.50. The average molecular weight is 420 g/mol. The fraction of sp³-hybridized carbons (Fsp3) is 0.286. The highest BCUT2D eigenvalue weighted by Crippen LogP contribution is 2.11. The summed E-state index contributed by atoms with van der Waals surface area (Å²) in [6.07, 6.45) is 2.32. The topological polar surface area (TPSA) is 72.5 Å². The normalized spacial score (nSPS) is 11.5. The summed E-state index contributed by atoms with van der Waals surface area (Å²) in [7, 11) is 0. The summed E-state index contributed by atoms with van der Waals surface area (Å²) in [6, 6.07) is 12.6. The molecule has 2 aromatic rings. The quantitative estimate of drug-likeness (QED) is 0.492. The van der Waals surface area contributed by atoms with Gasteiger partial charge in [-0.15, -0.1) is 0 Å². The molecule has 0 aliphatic carbocycles. The Bertz CT molecular complexity index is 839. The van der Waals surface area contributed by atoms with Crippen LogP contribution in [0.5, 0.6) is 0 Å². The molecule has 0 saturated carbocycles. The molecule has 0 spiro atoms. The predicted molar refractivity (Wildman–Crippen MR) is 112 cm³/mol. The third kappa shape index (κ3) is 6.69. The van der Waals surface area contributed by atoms with E-state index in [1.165, 1.54) is 0 Å². The van der Waals surface area contributed by atoms with E-state index in [2.05, 4.69) is 5.32 Å². The van der Waals surface area contributed by atoms with Gasteiger partial charge in [0.05, 0.1) is 0 Å². The van der Waals surface area contributed by atoms with Crippen molar-refractivity contribution >= 4 is 41.0 Å². The zero-order chi connectivity index (χ0) is 20.5. The molecule has 0 aliphatic rings. The maximum atomic E-state index is 12.5. The van der Waals surface area contributed by atoms with Crippen molar-refractivity contribution in [3.63, 3.8) is 0 Å². The third-order valence-corrected chi connectivity index (χ3v) is 4.89. The van der Waals surface area contributed by atoms with Crippen LogP contribution < -0.4 is 5.32 Å². The van der Waals surface area contributed by atoms with E-state index in [0.717, 1.165) is 5.56 Å². The lowest BCUT2D eigenvalue weighted by molar-refractivity contribution is -0.144. The lowest BCUT2D eigenvalue weighted by atomic mass is 10.1. The first-order valence-corrected chi connectivity index (χ1v) is 10.5. The van der Waals surface area contributed by atoms with Gasteiger partial charge in [0.1, 0.15) is 6.04 Å². The molecular weight excluding hydrogens is 398 g/mol. The summed E-state index contributed by atoms with van der Waals surface area (Å²) in [5.74, 6) is -0.647. The van der Waals surface area contributed by atoms with Crippen molar-refractivity contribution in [2.24, 2.45) is 0 Å². The van der Waals surface area contributed by atoms with Crippen LogP contribution in [0.25, 0.3) is 0 Å². The maximum absolute atomic E-state index is 12.5. The van der Waals surface area contributed by atoms with E-state index < -0.39 is 18.6 Å². The van der Waals surface area contributed by atoms with Gasteiger partial charge in [-0.1, -0.05) is 29.3 Å². The second-order valence-corrected chi connectivity index (χ2v) is 7.64. The van der Waals surface area contributed by atoms with Crippen LogP contribution in [-0.2, 0) is 9.53 Å². The summed E-state index contributed by atoms with van der Waals surface area (Å²) in [4.78, 5) is 37.1. The van der Waals surface area contributed by atoms with E-state index in [4.69, 9.17) is 16.3 Å². The van der Waals surface area contributed by atoms with E-state index in [9.17, 15) is 14.4 Å². The molecule has 0 radical (unpaired) electrons. The third-order valence-electron chi connectivity index (χ3n) is 3.99. The number of amides is 1. The molecule has 0 aromatic heterocycles. The lowest BCUT2D eigenvalue weighted by Crippen LogP contribution is -2.42. The number of aryl methyl sites for hydroxylation is 1. The molecule has 0 aliphatic heterocycles. The van der Waals surface area contributed by atoms with Crippen LogP contribution >= 0.6 is 23.4 Å². The molecule has 2 rings (SSSR count). The number of esters is 1. The van der Waals surface area contributed by atoms with Crippen molar-refractivity contribution < 1.29 is 19.1 Å². The van der Waals surface area contributed by atoms with Crippen LogP contribution in [0.1, 0.15) is 32.7 Å². The van der Waals surface area contributed by atoms with E-state index >= 15 is 0 Å². The van der Waals surface area contributed by atoms with Crippen LogP contribution in [-0.4, -0.2) is 42.3 Å². The van der Waals surface area contributed by atoms with E-state index in [0.29, 0.717) is 28.3 Å². The Balaban J connectivity index is 1.98.